The summed E-state index contributed by atoms with van der Waals surface area (Å²) in [7, 11) is 2.73. The Bertz CT molecular complexity index is 1300. The average Bonchev–Trinajstić information content (AvgIpc) is 3.69. The number of ether oxygens (including phenoxy) is 3. The number of nitrogens with zero attached hydrogens (tertiary/aromatic N) is 4. The lowest BCUT2D eigenvalue weighted by Gasteiger charge is -2.37. The molecule has 4 heterocycles. The van der Waals surface area contributed by atoms with E-state index in [0.29, 0.717) is 13.1 Å². The lowest BCUT2D eigenvalue weighted by molar-refractivity contribution is 0.0341. The monoisotopic (exact) mass is 508 g/mol. The highest BCUT2D eigenvalue weighted by atomic mass is 19.1. The molecule has 0 unspecified atom stereocenters. The molecule has 1 aliphatic carbocycles. The molecule has 194 valence electrons. The maximum Gasteiger partial charge on any atom is 0.191 e. The lowest BCUT2D eigenvalue weighted by Crippen LogP contribution is -2.39. The Labute approximate surface area is 215 Å². The summed E-state index contributed by atoms with van der Waals surface area (Å²) >= 11 is 0. The molecule has 3 aromatic rings. The molecule has 1 saturated carbocycles. The fourth-order valence-electron chi connectivity index (χ4n) is 5.59. The smallest absolute Gasteiger partial charge is 0.191 e. The van der Waals surface area contributed by atoms with Gasteiger partial charge < -0.3 is 19.1 Å². The van der Waals surface area contributed by atoms with Crippen LogP contribution in [0.3, 0.4) is 0 Å². The molecule has 9 heteroatoms. The van der Waals surface area contributed by atoms with Gasteiger partial charge in [-0.1, -0.05) is 0 Å². The molecule has 1 saturated heterocycles. The number of methoxy groups -OCH3 is 2. The standard InChI is InChI=1S/C28H30F2N4O3/c1-35-23-11-24(36-2)26(30)27(25(23)29)34-16-20-14-32-22(10-21(20)28(17-34)3-4-28)19-9-18(12-31-13-19)15-33-5-7-37-8-6-33/h9-14H,3-8,15-17H2,1-2H3. The van der Waals surface area contributed by atoms with E-state index in [0.717, 1.165) is 68.1 Å². The Balaban J connectivity index is 1.31. The van der Waals surface area contributed by atoms with Crippen LogP contribution in [-0.2, 0) is 23.2 Å². The van der Waals surface area contributed by atoms with E-state index in [-0.39, 0.29) is 22.6 Å². The van der Waals surface area contributed by atoms with Crippen LogP contribution in [0.5, 0.6) is 11.5 Å². The second-order valence-electron chi connectivity index (χ2n) is 10.1. The van der Waals surface area contributed by atoms with Crippen molar-refractivity contribution in [3.8, 4) is 22.8 Å². The van der Waals surface area contributed by atoms with Crippen LogP contribution in [0.1, 0.15) is 29.5 Å². The van der Waals surface area contributed by atoms with Gasteiger partial charge in [-0.25, -0.2) is 8.78 Å². The van der Waals surface area contributed by atoms with Crippen LogP contribution < -0.4 is 14.4 Å². The van der Waals surface area contributed by atoms with E-state index in [1.54, 1.807) is 4.90 Å². The number of pyridine rings is 2. The molecule has 2 fully saturated rings. The lowest BCUT2D eigenvalue weighted by atomic mass is 9.86. The molecule has 6 rings (SSSR count). The van der Waals surface area contributed by atoms with Gasteiger partial charge in [-0.05, 0) is 41.7 Å². The van der Waals surface area contributed by atoms with E-state index in [4.69, 9.17) is 19.2 Å². The molecular weight excluding hydrogens is 478 g/mol. The van der Waals surface area contributed by atoms with Gasteiger partial charge in [-0.3, -0.25) is 14.9 Å². The van der Waals surface area contributed by atoms with Gasteiger partial charge in [-0.2, -0.15) is 0 Å². The minimum absolute atomic E-state index is 0.0400. The zero-order chi connectivity index (χ0) is 25.6. The number of benzene rings is 1. The Morgan fingerprint density at radius 3 is 2.38 bits per heavy atom. The van der Waals surface area contributed by atoms with E-state index < -0.39 is 11.6 Å². The van der Waals surface area contributed by atoms with E-state index in [1.165, 1.54) is 25.8 Å². The first-order valence-electron chi connectivity index (χ1n) is 12.6. The minimum atomic E-state index is -0.715. The van der Waals surface area contributed by atoms with Gasteiger partial charge >= 0.3 is 0 Å². The van der Waals surface area contributed by atoms with E-state index in [9.17, 15) is 0 Å². The summed E-state index contributed by atoms with van der Waals surface area (Å²) in [6, 6.07) is 5.54. The van der Waals surface area contributed by atoms with Crippen LogP contribution in [-0.4, -0.2) is 61.9 Å². The normalized spacial score (nSPS) is 18.5. The number of fused-ring (bicyclic) bond motifs is 2. The zero-order valence-corrected chi connectivity index (χ0v) is 21.1. The van der Waals surface area contributed by atoms with Crippen molar-refractivity contribution < 1.29 is 23.0 Å². The van der Waals surface area contributed by atoms with Crippen LogP contribution in [0.4, 0.5) is 14.5 Å². The summed E-state index contributed by atoms with van der Waals surface area (Å²) in [6.07, 6.45) is 7.51. The molecule has 0 N–H and O–H groups in total. The van der Waals surface area contributed by atoms with Gasteiger partial charge in [0, 0.05) is 68.4 Å². The highest BCUT2D eigenvalue weighted by Gasteiger charge is 2.50. The summed E-state index contributed by atoms with van der Waals surface area (Å²) in [6.45, 7) is 5.05. The number of halogens is 2. The van der Waals surface area contributed by atoms with Crippen molar-refractivity contribution in [3.63, 3.8) is 0 Å². The van der Waals surface area contributed by atoms with Crippen molar-refractivity contribution in [2.24, 2.45) is 0 Å². The number of anilines is 1. The van der Waals surface area contributed by atoms with Gasteiger partial charge in [0.2, 0.25) is 0 Å². The fraction of sp³-hybridized carbons (Fsp3) is 0.429. The summed E-state index contributed by atoms with van der Waals surface area (Å²) < 4.78 is 46.3. The molecule has 2 aliphatic heterocycles. The topological polar surface area (TPSA) is 60.0 Å². The second kappa shape index (κ2) is 9.54. The van der Waals surface area contributed by atoms with Crippen molar-refractivity contribution >= 4 is 5.69 Å². The maximum atomic E-state index is 15.3. The Morgan fingerprint density at radius 2 is 1.70 bits per heavy atom. The summed E-state index contributed by atoms with van der Waals surface area (Å²) in [5, 5.41) is 0. The van der Waals surface area contributed by atoms with Crippen LogP contribution in [0.2, 0.25) is 0 Å². The summed E-state index contributed by atoms with van der Waals surface area (Å²) in [5.41, 5.74) is 4.91. The highest BCUT2D eigenvalue weighted by Crippen LogP contribution is 2.54. The molecule has 0 radical (unpaired) electrons. The Hall–Kier alpha value is -3.30. The molecule has 3 aliphatic rings. The first-order valence-corrected chi connectivity index (χ1v) is 12.6. The van der Waals surface area contributed by atoms with Crippen LogP contribution >= 0.6 is 0 Å². The first kappa shape index (κ1) is 24.1. The predicted octanol–water partition coefficient (Wildman–Crippen LogP) is 4.32. The van der Waals surface area contributed by atoms with Crippen molar-refractivity contribution in [3.05, 3.63) is 65.1 Å². The summed E-state index contributed by atoms with van der Waals surface area (Å²) in [5.74, 6) is -1.51. The molecular formula is C28H30F2N4O3. The van der Waals surface area contributed by atoms with E-state index in [2.05, 4.69) is 22.0 Å². The Kier molecular flexibility index (Phi) is 6.20. The zero-order valence-electron chi connectivity index (χ0n) is 21.1. The van der Waals surface area contributed by atoms with Gasteiger partial charge in [0.1, 0.15) is 5.69 Å². The molecule has 1 aromatic carbocycles. The predicted molar refractivity (Wildman–Crippen MR) is 135 cm³/mol. The number of rotatable bonds is 6. The Morgan fingerprint density at radius 1 is 0.973 bits per heavy atom. The molecule has 0 bridgehead atoms. The molecule has 7 nitrogen and oxygen atoms in total. The maximum absolute atomic E-state index is 15.3. The number of hydrogen-bond acceptors (Lipinski definition) is 7. The quantitative estimate of drug-likeness (QED) is 0.492. The largest absolute Gasteiger partial charge is 0.493 e. The van der Waals surface area contributed by atoms with Crippen LogP contribution in [0.15, 0.2) is 36.8 Å². The van der Waals surface area contributed by atoms with Crippen molar-refractivity contribution in [2.45, 2.75) is 31.3 Å². The second-order valence-corrected chi connectivity index (χ2v) is 10.1. The van der Waals surface area contributed by atoms with E-state index in [1.807, 2.05) is 18.6 Å². The average molecular weight is 509 g/mol. The third kappa shape index (κ3) is 4.40. The fourth-order valence-corrected chi connectivity index (χ4v) is 5.59. The first-order chi connectivity index (χ1) is 18.0. The molecule has 2 aromatic heterocycles. The van der Waals surface area contributed by atoms with Gasteiger partial charge in [0.15, 0.2) is 23.1 Å². The number of morpholine rings is 1. The van der Waals surface area contributed by atoms with Crippen molar-refractivity contribution in [1.82, 2.24) is 14.9 Å². The molecule has 0 atom stereocenters. The number of aromatic nitrogens is 2. The molecule has 0 amide bonds. The third-order valence-corrected chi connectivity index (χ3v) is 7.73. The molecule has 37 heavy (non-hydrogen) atoms. The van der Waals surface area contributed by atoms with Crippen molar-refractivity contribution in [2.75, 3.05) is 52.0 Å². The van der Waals surface area contributed by atoms with E-state index >= 15 is 8.78 Å². The molecule has 1 spiro atoms. The van der Waals surface area contributed by atoms with Gasteiger partial charge in [-0.15, -0.1) is 0 Å². The van der Waals surface area contributed by atoms with Gasteiger partial charge in [0.05, 0.1) is 33.1 Å². The number of hydrogen-bond donors (Lipinski definition) is 0. The minimum Gasteiger partial charge on any atom is -0.493 e. The highest BCUT2D eigenvalue weighted by molar-refractivity contribution is 5.65. The van der Waals surface area contributed by atoms with Crippen LogP contribution in [0.25, 0.3) is 11.3 Å². The SMILES string of the molecule is COc1cc(OC)c(F)c(N2Cc3cnc(-c4cncc(CN5CCOCC5)c4)cc3C3(CC3)C2)c1F. The third-order valence-electron chi connectivity index (χ3n) is 7.73. The summed E-state index contributed by atoms with van der Waals surface area (Å²) in [4.78, 5) is 13.4. The van der Waals surface area contributed by atoms with Crippen LogP contribution in [0, 0.1) is 11.6 Å². The van der Waals surface area contributed by atoms with Gasteiger partial charge in [0.25, 0.3) is 0 Å². The van der Waals surface area contributed by atoms with Crippen molar-refractivity contribution in [1.29, 1.82) is 0 Å².